The van der Waals surface area contributed by atoms with E-state index in [1.54, 1.807) is 24.3 Å². The van der Waals surface area contributed by atoms with Crippen molar-refractivity contribution in [3.63, 3.8) is 0 Å². The molecule has 1 aromatic rings. The van der Waals surface area contributed by atoms with E-state index in [1.807, 2.05) is 6.07 Å². The topological polar surface area (TPSA) is 78.2 Å². The minimum Gasteiger partial charge on any atom is -0.312 e. The van der Waals surface area contributed by atoms with Gasteiger partial charge in [0, 0.05) is 24.6 Å². The second kappa shape index (κ2) is 4.97. The van der Waals surface area contributed by atoms with Crippen molar-refractivity contribution in [1.82, 2.24) is 0 Å². The van der Waals surface area contributed by atoms with Crippen molar-refractivity contribution in [2.75, 3.05) is 17.2 Å². The molecule has 1 fully saturated rings. The zero-order valence-electron chi connectivity index (χ0n) is 9.91. The van der Waals surface area contributed by atoms with E-state index in [2.05, 4.69) is 0 Å². The van der Waals surface area contributed by atoms with Crippen molar-refractivity contribution < 1.29 is 17.1 Å². The Morgan fingerprint density at radius 3 is 2.84 bits per heavy atom. The molecule has 1 aliphatic heterocycles. The lowest BCUT2D eigenvalue weighted by Gasteiger charge is -2.16. The Morgan fingerprint density at radius 2 is 2.21 bits per heavy atom. The van der Waals surface area contributed by atoms with Gasteiger partial charge in [0.05, 0.1) is 17.4 Å². The number of carbonyl (C=O) groups is 1. The molecule has 0 saturated carbocycles. The molecule has 1 unspecified atom stereocenters. The van der Waals surface area contributed by atoms with Gasteiger partial charge in [0.1, 0.15) is 0 Å². The first kappa shape index (κ1) is 13.5. The number of carbonyl (C=O) groups excluding carboxylic acids is 1. The van der Waals surface area contributed by atoms with Crippen molar-refractivity contribution in [2.45, 2.75) is 6.42 Å². The minimum atomic E-state index is -4.58. The molecule has 7 heteroatoms. The second-order valence-corrected chi connectivity index (χ2v) is 5.85. The summed E-state index contributed by atoms with van der Waals surface area (Å²) in [5.74, 6) is -1.45. The molecule has 1 saturated heterocycles. The van der Waals surface area contributed by atoms with Gasteiger partial charge in [0.15, 0.2) is 0 Å². The van der Waals surface area contributed by atoms with Crippen LogP contribution in [-0.4, -0.2) is 26.6 Å². The lowest BCUT2D eigenvalue weighted by Crippen LogP contribution is -2.25. The van der Waals surface area contributed by atoms with Crippen molar-refractivity contribution in [2.24, 2.45) is 5.92 Å². The number of nitrogens with zero attached hydrogens (tertiary/aromatic N) is 2. The van der Waals surface area contributed by atoms with E-state index in [0.29, 0.717) is 11.3 Å². The summed E-state index contributed by atoms with van der Waals surface area (Å²) in [7, 11) is -4.58. The Hall–Kier alpha value is -1.94. The normalized spacial score (nSPS) is 19.5. The summed E-state index contributed by atoms with van der Waals surface area (Å²) in [5.41, 5.74) is 0.940. The molecule has 19 heavy (non-hydrogen) atoms. The molecule has 1 heterocycles. The highest BCUT2D eigenvalue weighted by Crippen LogP contribution is 2.26. The van der Waals surface area contributed by atoms with Gasteiger partial charge in [-0.05, 0) is 18.2 Å². The lowest BCUT2D eigenvalue weighted by atomic mass is 10.1. The zero-order valence-corrected chi connectivity index (χ0v) is 10.7. The Labute approximate surface area is 110 Å². The third kappa shape index (κ3) is 3.29. The molecule has 0 spiro atoms. The van der Waals surface area contributed by atoms with Crippen LogP contribution in [0.25, 0.3) is 0 Å². The predicted molar refractivity (Wildman–Crippen MR) is 66.5 cm³/mol. The van der Waals surface area contributed by atoms with Crippen LogP contribution in [0.1, 0.15) is 12.0 Å². The van der Waals surface area contributed by atoms with Gasteiger partial charge in [0.25, 0.3) is 0 Å². The van der Waals surface area contributed by atoms with E-state index >= 15 is 0 Å². The number of anilines is 1. The van der Waals surface area contributed by atoms with Crippen LogP contribution in [0.15, 0.2) is 24.3 Å². The van der Waals surface area contributed by atoms with Crippen LogP contribution < -0.4 is 4.90 Å². The van der Waals surface area contributed by atoms with E-state index < -0.39 is 21.9 Å². The number of benzene rings is 1. The monoisotopic (exact) mass is 282 g/mol. The number of hydrogen-bond donors (Lipinski definition) is 0. The summed E-state index contributed by atoms with van der Waals surface area (Å²) in [6, 6.07) is 8.41. The lowest BCUT2D eigenvalue weighted by molar-refractivity contribution is -0.117. The van der Waals surface area contributed by atoms with Gasteiger partial charge in [-0.15, -0.1) is 3.89 Å². The average molecular weight is 282 g/mol. The molecule has 0 radical (unpaired) electrons. The minimum absolute atomic E-state index is 0.0000683. The molecular weight excluding hydrogens is 271 g/mol. The number of rotatable bonds is 3. The van der Waals surface area contributed by atoms with E-state index in [9.17, 15) is 17.1 Å². The van der Waals surface area contributed by atoms with Crippen LogP contribution in [-0.2, 0) is 15.0 Å². The van der Waals surface area contributed by atoms with E-state index in [1.165, 1.54) is 4.90 Å². The van der Waals surface area contributed by atoms with Crippen molar-refractivity contribution in [3.8, 4) is 6.07 Å². The SMILES string of the molecule is N#Cc1cccc(N2CC(CS(=O)(=O)F)CC2=O)c1. The summed E-state index contributed by atoms with van der Waals surface area (Å²) in [5, 5.41) is 8.79. The van der Waals surface area contributed by atoms with E-state index in [-0.39, 0.29) is 18.9 Å². The molecule has 2 rings (SSSR count). The number of amides is 1. The highest BCUT2D eigenvalue weighted by atomic mass is 32.3. The van der Waals surface area contributed by atoms with Crippen LogP contribution in [0.2, 0.25) is 0 Å². The molecule has 1 amide bonds. The largest absolute Gasteiger partial charge is 0.312 e. The molecule has 0 aromatic heterocycles. The summed E-state index contributed by atoms with van der Waals surface area (Å²) >= 11 is 0. The van der Waals surface area contributed by atoms with Crippen molar-refractivity contribution in [3.05, 3.63) is 29.8 Å². The molecular formula is C12H11FN2O3S. The molecule has 1 aromatic carbocycles. The fourth-order valence-electron chi connectivity index (χ4n) is 2.17. The Morgan fingerprint density at radius 1 is 1.47 bits per heavy atom. The van der Waals surface area contributed by atoms with Gasteiger partial charge in [-0.2, -0.15) is 13.7 Å². The van der Waals surface area contributed by atoms with Gasteiger partial charge in [-0.1, -0.05) is 6.07 Å². The first-order valence-corrected chi connectivity index (χ1v) is 7.17. The molecule has 1 aliphatic rings. The number of hydrogen-bond acceptors (Lipinski definition) is 4. The van der Waals surface area contributed by atoms with Crippen LogP contribution in [0.5, 0.6) is 0 Å². The van der Waals surface area contributed by atoms with E-state index in [0.717, 1.165) is 0 Å². The highest BCUT2D eigenvalue weighted by Gasteiger charge is 2.33. The fraction of sp³-hybridized carbons (Fsp3) is 0.333. The summed E-state index contributed by atoms with van der Waals surface area (Å²) in [6.45, 7) is 0.150. The third-order valence-corrected chi connectivity index (χ3v) is 3.80. The van der Waals surface area contributed by atoms with Crippen LogP contribution in [0.4, 0.5) is 9.57 Å². The third-order valence-electron chi connectivity index (χ3n) is 2.93. The molecule has 5 nitrogen and oxygen atoms in total. The maximum atomic E-state index is 12.6. The molecule has 100 valence electrons. The van der Waals surface area contributed by atoms with Crippen LogP contribution in [0, 0.1) is 17.2 Å². The van der Waals surface area contributed by atoms with Crippen molar-refractivity contribution >= 4 is 21.8 Å². The smallest absolute Gasteiger partial charge is 0.302 e. The molecule has 1 atom stereocenters. The first-order chi connectivity index (χ1) is 8.89. The van der Waals surface area contributed by atoms with Crippen LogP contribution >= 0.6 is 0 Å². The summed E-state index contributed by atoms with van der Waals surface area (Å²) in [6.07, 6.45) is -0.0000683. The number of nitriles is 1. The highest BCUT2D eigenvalue weighted by molar-refractivity contribution is 7.86. The molecule has 0 N–H and O–H groups in total. The molecule has 0 bridgehead atoms. The van der Waals surface area contributed by atoms with Gasteiger partial charge in [0.2, 0.25) is 5.91 Å². The fourth-order valence-corrected chi connectivity index (χ4v) is 2.95. The first-order valence-electron chi connectivity index (χ1n) is 5.62. The van der Waals surface area contributed by atoms with Crippen LogP contribution in [0.3, 0.4) is 0 Å². The van der Waals surface area contributed by atoms with E-state index in [4.69, 9.17) is 5.26 Å². The Balaban J connectivity index is 2.18. The Kier molecular flexibility index (Phi) is 3.53. The maximum absolute atomic E-state index is 12.6. The summed E-state index contributed by atoms with van der Waals surface area (Å²) < 4.78 is 33.8. The maximum Gasteiger partial charge on any atom is 0.302 e. The van der Waals surface area contributed by atoms with Crippen molar-refractivity contribution in [1.29, 1.82) is 5.26 Å². The molecule has 0 aliphatic carbocycles. The van der Waals surface area contributed by atoms with Gasteiger partial charge >= 0.3 is 10.2 Å². The average Bonchev–Trinajstić information content (AvgIpc) is 2.68. The second-order valence-electron chi connectivity index (χ2n) is 4.44. The zero-order chi connectivity index (χ0) is 14.0. The quantitative estimate of drug-likeness (QED) is 0.781. The summed E-state index contributed by atoms with van der Waals surface area (Å²) in [4.78, 5) is 13.2. The van der Waals surface area contributed by atoms with Gasteiger partial charge < -0.3 is 4.90 Å². The Bertz CT molecular complexity index is 651. The standard InChI is InChI=1S/C12H11FN2O3S/c13-19(17,18)8-10-5-12(16)15(7-10)11-3-1-2-9(4-11)6-14/h1-4,10H,5,7-8H2. The van der Waals surface area contributed by atoms with Gasteiger partial charge in [-0.3, -0.25) is 4.79 Å². The predicted octanol–water partition coefficient (Wildman–Crippen LogP) is 1.21. The number of halogens is 1. The van der Waals surface area contributed by atoms with Gasteiger partial charge in [-0.25, -0.2) is 0 Å².